The van der Waals surface area contributed by atoms with Crippen molar-refractivity contribution in [3.05, 3.63) is 48.4 Å². The molecule has 2 aromatic rings. The summed E-state index contributed by atoms with van der Waals surface area (Å²) in [5.41, 5.74) is 0. The van der Waals surface area contributed by atoms with E-state index in [9.17, 15) is 9.90 Å². The van der Waals surface area contributed by atoms with Gasteiger partial charge in [0.15, 0.2) is 11.5 Å². The molecule has 1 aromatic heterocycles. The van der Waals surface area contributed by atoms with E-state index in [1.165, 1.54) is 6.26 Å². The second kappa shape index (κ2) is 6.53. The van der Waals surface area contributed by atoms with Crippen molar-refractivity contribution in [3.8, 4) is 11.5 Å². The molecule has 22 heavy (non-hydrogen) atoms. The molecule has 0 saturated carbocycles. The van der Waals surface area contributed by atoms with Crippen LogP contribution in [0.25, 0.3) is 0 Å². The number of benzene rings is 1. The van der Waals surface area contributed by atoms with Crippen LogP contribution in [0.1, 0.15) is 18.3 Å². The van der Waals surface area contributed by atoms with E-state index in [0.717, 1.165) is 0 Å². The number of aliphatic hydroxyl groups excluding tert-OH is 1. The number of amides is 1. The van der Waals surface area contributed by atoms with Gasteiger partial charge in [-0.2, -0.15) is 0 Å². The number of fused-ring (bicyclic) bond motifs is 1. The van der Waals surface area contributed by atoms with Crippen molar-refractivity contribution in [2.75, 3.05) is 13.2 Å². The minimum Gasteiger partial charge on any atom is -0.485 e. The number of furan rings is 1. The predicted octanol–water partition coefficient (Wildman–Crippen LogP) is 1.66. The molecule has 3 rings (SSSR count). The summed E-state index contributed by atoms with van der Waals surface area (Å²) in [5.74, 6) is 1.42. The van der Waals surface area contributed by atoms with E-state index in [2.05, 4.69) is 5.32 Å². The quantitative estimate of drug-likeness (QED) is 0.878. The molecule has 6 heteroatoms. The highest BCUT2D eigenvalue weighted by Gasteiger charge is 2.27. The Hall–Kier alpha value is -2.47. The molecule has 0 unspecified atom stereocenters. The summed E-state index contributed by atoms with van der Waals surface area (Å²) in [6.45, 7) is 0.492. The van der Waals surface area contributed by atoms with E-state index in [4.69, 9.17) is 13.9 Å². The number of aliphatic hydroxyl groups is 1. The largest absolute Gasteiger partial charge is 0.485 e. The van der Waals surface area contributed by atoms with Gasteiger partial charge in [-0.05, 0) is 30.7 Å². The average Bonchev–Trinajstić information content (AvgIpc) is 3.08. The van der Waals surface area contributed by atoms with Crippen LogP contribution in [0.3, 0.4) is 0 Å². The lowest BCUT2D eigenvalue weighted by molar-refractivity contribution is -0.130. The molecule has 1 aliphatic rings. The van der Waals surface area contributed by atoms with Crippen LogP contribution in [0.5, 0.6) is 11.5 Å². The standard InChI is InChI=1S/C16H17NO5/c18-11(12-6-3-9-20-12)7-8-17-16(19)15-10-21-13-4-1-2-5-14(13)22-15/h1-6,9,11,15,18H,7-8,10H2,(H,17,19)/t11-,15+/m1/s1. The van der Waals surface area contributed by atoms with Gasteiger partial charge in [-0.15, -0.1) is 0 Å². The minimum atomic E-state index is -0.737. The maximum absolute atomic E-state index is 12.1. The summed E-state index contributed by atoms with van der Waals surface area (Å²) in [6.07, 6.45) is 0.445. The van der Waals surface area contributed by atoms with E-state index >= 15 is 0 Å². The lowest BCUT2D eigenvalue weighted by Crippen LogP contribution is -2.44. The Labute approximate surface area is 127 Å². The van der Waals surface area contributed by atoms with E-state index < -0.39 is 12.2 Å². The van der Waals surface area contributed by atoms with E-state index in [1.54, 1.807) is 24.3 Å². The Morgan fingerprint density at radius 3 is 2.86 bits per heavy atom. The Morgan fingerprint density at radius 1 is 1.27 bits per heavy atom. The SMILES string of the molecule is O=C(NCC[C@@H](O)c1ccco1)[C@@H]1COc2ccccc2O1. The second-order valence-corrected chi connectivity index (χ2v) is 4.98. The predicted molar refractivity (Wildman–Crippen MR) is 77.6 cm³/mol. The van der Waals surface area contributed by atoms with Crippen LogP contribution < -0.4 is 14.8 Å². The Morgan fingerprint density at radius 2 is 2.09 bits per heavy atom. The average molecular weight is 303 g/mol. The van der Waals surface area contributed by atoms with Crippen molar-refractivity contribution < 1.29 is 23.8 Å². The van der Waals surface area contributed by atoms with Crippen molar-refractivity contribution in [1.82, 2.24) is 5.32 Å². The van der Waals surface area contributed by atoms with Crippen molar-refractivity contribution in [2.24, 2.45) is 0 Å². The summed E-state index contributed by atoms with van der Waals surface area (Å²) in [4.78, 5) is 12.1. The molecule has 0 bridgehead atoms. The highest BCUT2D eigenvalue weighted by Crippen LogP contribution is 2.30. The number of ether oxygens (including phenoxy) is 2. The number of para-hydroxylation sites is 2. The van der Waals surface area contributed by atoms with Gasteiger partial charge < -0.3 is 24.3 Å². The summed E-state index contributed by atoms with van der Waals surface area (Å²) in [5, 5.41) is 12.6. The number of carbonyl (C=O) groups excluding carboxylic acids is 1. The molecule has 116 valence electrons. The van der Waals surface area contributed by atoms with Gasteiger partial charge >= 0.3 is 0 Å². The van der Waals surface area contributed by atoms with Crippen LogP contribution in [-0.2, 0) is 4.79 Å². The zero-order valence-corrected chi connectivity index (χ0v) is 11.9. The van der Waals surface area contributed by atoms with Crippen LogP contribution in [0.4, 0.5) is 0 Å². The maximum atomic E-state index is 12.1. The lowest BCUT2D eigenvalue weighted by Gasteiger charge is -2.25. The van der Waals surface area contributed by atoms with Gasteiger partial charge in [-0.3, -0.25) is 4.79 Å². The number of hydrogen-bond acceptors (Lipinski definition) is 5. The third kappa shape index (κ3) is 3.23. The molecule has 1 aromatic carbocycles. The molecule has 0 spiro atoms. The van der Waals surface area contributed by atoms with Crippen molar-refractivity contribution in [2.45, 2.75) is 18.6 Å². The second-order valence-electron chi connectivity index (χ2n) is 4.98. The highest BCUT2D eigenvalue weighted by atomic mass is 16.6. The van der Waals surface area contributed by atoms with Crippen LogP contribution >= 0.6 is 0 Å². The van der Waals surface area contributed by atoms with E-state index in [0.29, 0.717) is 30.2 Å². The molecule has 1 aliphatic heterocycles. The first-order valence-electron chi connectivity index (χ1n) is 7.11. The molecule has 0 radical (unpaired) electrons. The van der Waals surface area contributed by atoms with Gasteiger partial charge in [0.25, 0.3) is 5.91 Å². The first-order valence-corrected chi connectivity index (χ1v) is 7.11. The third-order valence-electron chi connectivity index (χ3n) is 3.39. The van der Waals surface area contributed by atoms with E-state index in [1.807, 2.05) is 12.1 Å². The smallest absolute Gasteiger partial charge is 0.264 e. The molecule has 2 heterocycles. The number of rotatable bonds is 5. The molecule has 0 aliphatic carbocycles. The highest BCUT2D eigenvalue weighted by molar-refractivity contribution is 5.81. The first-order chi connectivity index (χ1) is 10.7. The Balaban J connectivity index is 1.47. The fourth-order valence-corrected chi connectivity index (χ4v) is 2.22. The molecule has 0 saturated heterocycles. The zero-order valence-electron chi connectivity index (χ0n) is 11.9. The Bertz CT molecular complexity index is 625. The van der Waals surface area contributed by atoms with Crippen LogP contribution in [0.15, 0.2) is 47.1 Å². The van der Waals surface area contributed by atoms with Gasteiger partial charge in [0, 0.05) is 6.54 Å². The minimum absolute atomic E-state index is 0.170. The normalized spacial score (nSPS) is 17.8. The molecular formula is C16H17NO5. The van der Waals surface area contributed by atoms with Crippen LogP contribution in [0, 0.1) is 0 Å². The molecule has 6 nitrogen and oxygen atoms in total. The number of carbonyl (C=O) groups is 1. The molecule has 2 atom stereocenters. The van der Waals surface area contributed by atoms with Gasteiger partial charge in [-0.25, -0.2) is 0 Å². The van der Waals surface area contributed by atoms with Crippen molar-refractivity contribution >= 4 is 5.91 Å². The maximum Gasteiger partial charge on any atom is 0.264 e. The Kier molecular flexibility index (Phi) is 4.29. The van der Waals surface area contributed by atoms with Gasteiger partial charge in [0.1, 0.15) is 18.5 Å². The third-order valence-corrected chi connectivity index (χ3v) is 3.39. The first kappa shape index (κ1) is 14.5. The summed E-state index contributed by atoms with van der Waals surface area (Å²) >= 11 is 0. The summed E-state index contributed by atoms with van der Waals surface area (Å²) in [6, 6.07) is 10.6. The van der Waals surface area contributed by atoms with Crippen molar-refractivity contribution in [3.63, 3.8) is 0 Å². The molecular weight excluding hydrogens is 286 g/mol. The van der Waals surface area contributed by atoms with Gasteiger partial charge in [-0.1, -0.05) is 12.1 Å². The summed E-state index contributed by atoms with van der Waals surface area (Å²) < 4.78 is 16.2. The topological polar surface area (TPSA) is 80.9 Å². The lowest BCUT2D eigenvalue weighted by atomic mass is 10.2. The van der Waals surface area contributed by atoms with Gasteiger partial charge in [0.2, 0.25) is 6.10 Å². The number of hydrogen-bond donors (Lipinski definition) is 2. The monoisotopic (exact) mass is 303 g/mol. The van der Waals surface area contributed by atoms with E-state index in [-0.39, 0.29) is 12.5 Å². The fourth-order valence-electron chi connectivity index (χ4n) is 2.22. The molecule has 1 amide bonds. The van der Waals surface area contributed by atoms with Crippen LogP contribution in [-0.4, -0.2) is 30.3 Å². The zero-order chi connectivity index (χ0) is 15.4. The fraction of sp³-hybridized carbons (Fsp3) is 0.312. The summed E-state index contributed by atoms with van der Waals surface area (Å²) in [7, 11) is 0. The van der Waals surface area contributed by atoms with Crippen molar-refractivity contribution in [1.29, 1.82) is 0 Å². The molecule has 0 fully saturated rings. The molecule has 2 N–H and O–H groups in total. The number of nitrogens with one attached hydrogen (secondary N) is 1. The van der Waals surface area contributed by atoms with Gasteiger partial charge in [0.05, 0.1) is 6.26 Å². The van der Waals surface area contributed by atoms with Crippen LogP contribution in [0.2, 0.25) is 0 Å².